The van der Waals surface area contributed by atoms with Gasteiger partial charge in [-0.15, -0.1) is 0 Å². The van der Waals surface area contributed by atoms with Gasteiger partial charge in [0.1, 0.15) is 0 Å². The van der Waals surface area contributed by atoms with Crippen molar-refractivity contribution in [2.75, 3.05) is 0 Å². The lowest BCUT2D eigenvalue weighted by Gasteiger charge is -2.18. The Balaban J connectivity index is 1.74. The van der Waals surface area contributed by atoms with Gasteiger partial charge >= 0.3 is 0 Å². The number of rotatable bonds is 6. The van der Waals surface area contributed by atoms with Crippen molar-refractivity contribution in [3.05, 3.63) is 107 Å². The molecule has 27 heavy (non-hydrogen) atoms. The summed E-state index contributed by atoms with van der Waals surface area (Å²) in [4.78, 5) is 25.3. The van der Waals surface area contributed by atoms with Crippen molar-refractivity contribution in [3.63, 3.8) is 0 Å². The number of hydrogen-bond acceptors (Lipinski definition) is 2. The highest BCUT2D eigenvalue weighted by Crippen LogP contribution is 2.21. The van der Waals surface area contributed by atoms with E-state index in [1.54, 1.807) is 18.2 Å². The Hall–Kier alpha value is -3.20. The maximum absolute atomic E-state index is 12.7. The van der Waals surface area contributed by atoms with Crippen LogP contribution in [-0.4, -0.2) is 11.7 Å². The van der Waals surface area contributed by atoms with E-state index >= 15 is 0 Å². The van der Waals surface area contributed by atoms with Crippen LogP contribution >= 0.6 is 0 Å². The van der Waals surface area contributed by atoms with Crippen molar-refractivity contribution in [1.82, 2.24) is 5.32 Å². The molecule has 3 aromatic rings. The van der Waals surface area contributed by atoms with Crippen LogP contribution in [0, 0.1) is 0 Å². The predicted molar refractivity (Wildman–Crippen MR) is 108 cm³/mol. The molecule has 136 valence electrons. The van der Waals surface area contributed by atoms with E-state index in [9.17, 15) is 9.59 Å². The van der Waals surface area contributed by atoms with Gasteiger partial charge in [-0.25, -0.2) is 0 Å². The first-order valence-electron chi connectivity index (χ1n) is 9.11. The fourth-order valence-corrected chi connectivity index (χ4v) is 3.02. The summed E-state index contributed by atoms with van der Waals surface area (Å²) in [5.41, 5.74) is 3.12. The zero-order chi connectivity index (χ0) is 19.2. The zero-order valence-corrected chi connectivity index (χ0v) is 15.6. The van der Waals surface area contributed by atoms with E-state index in [1.807, 2.05) is 80.6 Å². The van der Waals surface area contributed by atoms with Crippen molar-refractivity contribution >= 4 is 11.7 Å². The van der Waals surface area contributed by atoms with E-state index in [2.05, 4.69) is 5.32 Å². The summed E-state index contributed by atoms with van der Waals surface area (Å²) in [7, 11) is 0. The van der Waals surface area contributed by atoms with E-state index in [-0.39, 0.29) is 23.7 Å². The van der Waals surface area contributed by atoms with Crippen LogP contribution in [0.1, 0.15) is 52.9 Å². The number of nitrogens with one attached hydrogen (secondary N) is 1. The minimum absolute atomic E-state index is 0.0392. The molecule has 0 aliphatic carbocycles. The Morgan fingerprint density at radius 3 is 1.93 bits per heavy atom. The Bertz CT molecular complexity index is 919. The van der Waals surface area contributed by atoms with E-state index in [4.69, 9.17) is 0 Å². The average Bonchev–Trinajstić information content (AvgIpc) is 2.74. The molecule has 3 heteroatoms. The minimum atomic E-state index is -0.348. The van der Waals surface area contributed by atoms with Crippen LogP contribution < -0.4 is 5.32 Å². The summed E-state index contributed by atoms with van der Waals surface area (Å²) in [6.07, 6.45) is 0. The lowest BCUT2D eigenvalue weighted by molar-refractivity contribution is -0.122. The summed E-state index contributed by atoms with van der Waals surface area (Å²) in [5.74, 6) is -0.446. The van der Waals surface area contributed by atoms with Gasteiger partial charge in [-0.2, -0.15) is 0 Å². The van der Waals surface area contributed by atoms with Crippen LogP contribution in [0.25, 0.3) is 0 Å². The van der Waals surface area contributed by atoms with Crippen LogP contribution in [0.2, 0.25) is 0 Å². The monoisotopic (exact) mass is 357 g/mol. The van der Waals surface area contributed by atoms with Crippen LogP contribution in [0.5, 0.6) is 0 Å². The number of amides is 1. The number of hydrogen-bond donors (Lipinski definition) is 1. The van der Waals surface area contributed by atoms with Crippen molar-refractivity contribution < 1.29 is 9.59 Å². The van der Waals surface area contributed by atoms with Gasteiger partial charge in [-0.05, 0) is 31.0 Å². The molecule has 0 unspecified atom stereocenters. The molecular formula is C24H23NO2. The van der Waals surface area contributed by atoms with Crippen LogP contribution in [0.3, 0.4) is 0 Å². The number of benzene rings is 3. The van der Waals surface area contributed by atoms with E-state index in [0.29, 0.717) is 11.1 Å². The van der Waals surface area contributed by atoms with Gasteiger partial charge in [0.25, 0.3) is 0 Å². The van der Waals surface area contributed by atoms with Gasteiger partial charge in [0.15, 0.2) is 5.78 Å². The van der Waals surface area contributed by atoms with Gasteiger partial charge in [0, 0.05) is 11.1 Å². The van der Waals surface area contributed by atoms with Crippen LogP contribution in [0.4, 0.5) is 0 Å². The first-order valence-corrected chi connectivity index (χ1v) is 9.11. The van der Waals surface area contributed by atoms with Gasteiger partial charge in [0.05, 0.1) is 12.0 Å². The Morgan fingerprint density at radius 1 is 0.704 bits per heavy atom. The van der Waals surface area contributed by atoms with E-state index in [0.717, 1.165) is 11.1 Å². The molecule has 0 saturated heterocycles. The van der Waals surface area contributed by atoms with Gasteiger partial charge in [-0.3, -0.25) is 9.59 Å². The Morgan fingerprint density at radius 2 is 1.26 bits per heavy atom. The highest BCUT2D eigenvalue weighted by molar-refractivity contribution is 6.09. The standard InChI is InChI=1S/C24H23NO2/c1-17(24(27)25-18(2)19-10-5-3-6-11-19)21-14-9-15-22(16-21)23(26)20-12-7-4-8-13-20/h3-18H,1-2H3,(H,25,27)/t17-,18-/m0/s1. The molecular weight excluding hydrogens is 334 g/mol. The molecule has 0 aliphatic heterocycles. The summed E-state index contributed by atoms with van der Waals surface area (Å²) in [6.45, 7) is 3.83. The molecule has 3 aromatic carbocycles. The molecule has 3 nitrogen and oxygen atoms in total. The smallest absolute Gasteiger partial charge is 0.227 e. The maximum Gasteiger partial charge on any atom is 0.227 e. The first kappa shape index (κ1) is 18.6. The van der Waals surface area contributed by atoms with Gasteiger partial charge in [-0.1, -0.05) is 78.9 Å². The molecule has 0 spiro atoms. The van der Waals surface area contributed by atoms with E-state index in [1.165, 1.54) is 0 Å². The predicted octanol–water partition coefficient (Wildman–Crippen LogP) is 4.90. The summed E-state index contributed by atoms with van der Waals surface area (Å²) in [5, 5.41) is 3.05. The third-order valence-corrected chi connectivity index (χ3v) is 4.74. The fraction of sp³-hybridized carbons (Fsp3) is 0.167. The topological polar surface area (TPSA) is 46.2 Å². The minimum Gasteiger partial charge on any atom is -0.349 e. The molecule has 0 heterocycles. The molecule has 0 aromatic heterocycles. The second-order valence-corrected chi connectivity index (χ2v) is 6.68. The second-order valence-electron chi connectivity index (χ2n) is 6.68. The molecule has 3 rings (SSSR count). The average molecular weight is 357 g/mol. The third-order valence-electron chi connectivity index (χ3n) is 4.74. The second kappa shape index (κ2) is 8.45. The molecule has 2 atom stereocenters. The SMILES string of the molecule is C[C@H](NC(=O)[C@@H](C)c1cccc(C(=O)c2ccccc2)c1)c1ccccc1. The summed E-state index contributed by atoms with van der Waals surface area (Å²) < 4.78 is 0. The Labute approximate surface area is 160 Å². The zero-order valence-electron chi connectivity index (χ0n) is 15.6. The van der Waals surface area contributed by atoms with Crippen molar-refractivity contribution in [2.24, 2.45) is 0 Å². The lowest BCUT2D eigenvalue weighted by Crippen LogP contribution is -2.30. The Kier molecular flexibility index (Phi) is 5.82. The highest BCUT2D eigenvalue weighted by Gasteiger charge is 2.19. The summed E-state index contributed by atoms with van der Waals surface area (Å²) >= 11 is 0. The molecule has 0 fully saturated rings. The third kappa shape index (κ3) is 4.50. The maximum atomic E-state index is 12.7. The van der Waals surface area contributed by atoms with Gasteiger partial charge < -0.3 is 5.32 Å². The van der Waals surface area contributed by atoms with Crippen molar-refractivity contribution in [1.29, 1.82) is 0 Å². The number of carbonyl (C=O) groups excluding carboxylic acids is 2. The number of ketones is 1. The van der Waals surface area contributed by atoms with Crippen molar-refractivity contribution in [2.45, 2.75) is 25.8 Å². The molecule has 0 bridgehead atoms. The van der Waals surface area contributed by atoms with E-state index < -0.39 is 0 Å². The lowest BCUT2D eigenvalue weighted by atomic mass is 9.95. The molecule has 0 radical (unpaired) electrons. The molecule has 1 amide bonds. The first-order chi connectivity index (χ1) is 13.1. The normalized spacial score (nSPS) is 12.8. The molecule has 0 aliphatic rings. The quantitative estimate of drug-likeness (QED) is 0.638. The molecule has 0 saturated carbocycles. The largest absolute Gasteiger partial charge is 0.349 e. The highest BCUT2D eigenvalue weighted by atomic mass is 16.2. The van der Waals surface area contributed by atoms with Gasteiger partial charge in [0.2, 0.25) is 5.91 Å². The number of carbonyl (C=O) groups is 2. The fourth-order valence-electron chi connectivity index (χ4n) is 3.02. The molecule has 1 N–H and O–H groups in total. The van der Waals surface area contributed by atoms with Crippen LogP contribution in [-0.2, 0) is 4.79 Å². The van der Waals surface area contributed by atoms with Crippen molar-refractivity contribution in [3.8, 4) is 0 Å². The van der Waals surface area contributed by atoms with Crippen LogP contribution in [0.15, 0.2) is 84.9 Å². The summed E-state index contributed by atoms with van der Waals surface area (Å²) in [6, 6.07) is 26.3.